The zero-order chi connectivity index (χ0) is 35.7. The zero-order valence-corrected chi connectivity index (χ0v) is 27.4. The Balaban J connectivity index is 1.54. The Labute approximate surface area is 283 Å². The lowest BCUT2D eigenvalue weighted by atomic mass is 9.92. The summed E-state index contributed by atoms with van der Waals surface area (Å²) in [4.78, 5) is 52.3. The molecule has 4 N–H and O–H groups in total. The van der Waals surface area contributed by atoms with Crippen molar-refractivity contribution >= 4 is 29.5 Å². The standard InChI is InChI=1S/C36H41F3N4O6/c1-22(2)32(40-23(3)44)34(47)41-27(17-24-11-6-4-7-12-24)20-30(45)29(18-25-13-8-5-9-14-25)42-33(46)31-21-43(35(48)49-31)28-16-10-15-26(19-28)36(37,38)39/h4-16,19,22,27,29-32,45H,17-18,20-21H2,1-3H3,(H,40,44)(H,41,47)(H,42,46)/t27?,29?,30-,31?,32-/m0/s1. The van der Waals surface area contributed by atoms with Gasteiger partial charge in [-0.15, -0.1) is 0 Å². The largest absolute Gasteiger partial charge is 0.434 e. The van der Waals surface area contributed by atoms with E-state index < -0.39 is 60.0 Å². The van der Waals surface area contributed by atoms with Crippen molar-refractivity contribution in [1.82, 2.24) is 16.0 Å². The lowest BCUT2D eigenvalue weighted by molar-refractivity contribution is -0.137. The average Bonchev–Trinajstić information content (AvgIpc) is 3.45. The number of benzene rings is 3. The first-order valence-electron chi connectivity index (χ1n) is 16.0. The summed E-state index contributed by atoms with van der Waals surface area (Å²) < 4.78 is 45.2. The molecule has 1 heterocycles. The number of hydrogen-bond acceptors (Lipinski definition) is 6. The highest BCUT2D eigenvalue weighted by Crippen LogP contribution is 2.33. The van der Waals surface area contributed by atoms with E-state index in [1.807, 2.05) is 48.5 Å². The maximum absolute atomic E-state index is 13.5. The predicted octanol–water partition coefficient (Wildman–Crippen LogP) is 4.40. The third-order valence-electron chi connectivity index (χ3n) is 8.19. The molecular formula is C36H41F3N4O6. The molecule has 0 aromatic heterocycles. The number of carbonyl (C=O) groups excluding carboxylic acids is 4. The molecule has 3 aromatic carbocycles. The second-order valence-corrected chi connectivity index (χ2v) is 12.5. The number of ether oxygens (including phenoxy) is 1. The normalized spacial score (nSPS) is 17.1. The van der Waals surface area contributed by atoms with Crippen LogP contribution in [0.3, 0.4) is 0 Å². The average molecular weight is 683 g/mol. The topological polar surface area (TPSA) is 137 Å². The molecular weight excluding hydrogens is 641 g/mol. The number of aliphatic hydroxyl groups is 1. The fourth-order valence-corrected chi connectivity index (χ4v) is 5.68. The van der Waals surface area contributed by atoms with E-state index in [-0.39, 0.29) is 36.9 Å². The molecule has 0 radical (unpaired) electrons. The van der Waals surface area contributed by atoms with Crippen LogP contribution < -0.4 is 20.9 Å². The smallest absolute Gasteiger partial charge is 0.416 e. The van der Waals surface area contributed by atoms with Crippen molar-refractivity contribution in [3.05, 3.63) is 102 Å². The molecule has 1 fully saturated rings. The number of hydrogen-bond donors (Lipinski definition) is 4. The highest BCUT2D eigenvalue weighted by Gasteiger charge is 2.40. The van der Waals surface area contributed by atoms with E-state index in [1.165, 1.54) is 13.0 Å². The van der Waals surface area contributed by atoms with Gasteiger partial charge in [0.25, 0.3) is 5.91 Å². The number of aliphatic hydroxyl groups excluding tert-OH is 1. The van der Waals surface area contributed by atoms with Gasteiger partial charge in [-0.3, -0.25) is 19.3 Å². The van der Waals surface area contributed by atoms with Gasteiger partial charge in [-0.25, -0.2) is 4.79 Å². The van der Waals surface area contributed by atoms with Gasteiger partial charge >= 0.3 is 12.3 Å². The Hall–Kier alpha value is -4.91. The number of anilines is 1. The fourth-order valence-electron chi connectivity index (χ4n) is 5.68. The number of amides is 4. The van der Waals surface area contributed by atoms with Gasteiger partial charge in [-0.1, -0.05) is 80.6 Å². The Morgan fingerprint density at radius 3 is 2.08 bits per heavy atom. The summed E-state index contributed by atoms with van der Waals surface area (Å²) >= 11 is 0. The number of carbonyl (C=O) groups is 4. The van der Waals surface area contributed by atoms with Gasteiger partial charge in [-0.05, 0) is 54.5 Å². The molecule has 0 aliphatic carbocycles. The Morgan fingerprint density at radius 2 is 1.51 bits per heavy atom. The minimum absolute atomic E-state index is 0.00408. The first-order chi connectivity index (χ1) is 23.2. The highest BCUT2D eigenvalue weighted by atomic mass is 19.4. The summed E-state index contributed by atoms with van der Waals surface area (Å²) in [7, 11) is 0. The van der Waals surface area contributed by atoms with Gasteiger partial charge in [0.15, 0.2) is 6.10 Å². The molecule has 262 valence electrons. The molecule has 4 rings (SSSR count). The minimum Gasteiger partial charge on any atom is -0.434 e. The number of cyclic esters (lactones) is 1. The quantitative estimate of drug-likeness (QED) is 0.199. The highest BCUT2D eigenvalue weighted by molar-refractivity contribution is 5.95. The number of alkyl halides is 3. The fraction of sp³-hybridized carbons (Fsp3) is 0.389. The molecule has 10 nitrogen and oxygen atoms in total. The van der Waals surface area contributed by atoms with Crippen LogP contribution in [0.25, 0.3) is 0 Å². The summed E-state index contributed by atoms with van der Waals surface area (Å²) in [6.07, 6.45) is -7.67. The van der Waals surface area contributed by atoms with Crippen molar-refractivity contribution in [2.75, 3.05) is 11.4 Å². The molecule has 1 aliphatic rings. The van der Waals surface area contributed by atoms with Crippen LogP contribution in [0.4, 0.5) is 23.7 Å². The van der Waals surface area contributed by atoms with Crippen LogP contribution in [0.5, 0.6) is 0 Å². The minimum atomic E-state index is -4.63. The van der Waals surface area contributed by atoms with Gasteiger partial charge in [0.1, 0.15) is 6.04 Å². The summed E-state index contributed by atoms with van der Waals surface area (Å²) in [6.45, 7) is 4.59. The van der Waals surface area contributed by atoms with E-state index in [0.29, 0.717) is 6.42 Å². The van der Waals surface area contributed by atoms with E-state index in [0.717, 1.165) is 34.2 Å². The van der Waals surface area contributed by atoms with Crippen LogP contribution in [0.1, 0.15) is 43.9 Å². The molecule has 13 heteroatoms. The van der Waals surface area contributed by atoms with Gasteiger partial charge in [0, 0.05) is 18.7 Å². The second kappa shape index (κ2) is 16.5. The second-order valence-electron chi connectivity index (χ2n) is 12.5. The summed E-state index contributed by atoms with van der Waals surface area (Å²) in [5, 5.41) is 20.1. The molecule has 4 amide bonds. The molecule has 0 saturated carbocycles. The van der Waals surface area contributed by atoms with E-state index in [9.17, 15) is 37.5 Å². The van der Waals surface area contributed by atoms with Crippen LogP contribution in [0.2, 0.25) is 0 Å². The molecule has 3 aromatic rings. The van der Waals surface area contributed by atoms with Crippen LogP contribution in [0, 0.1) is 5.92 Å². The summed E-state index contributed by atoms with van der Waals surface area (Å²) in [5.74, 6) is -1.74. The van der Waals surface area contributed by atoms with Crippen molar-refractivity contribution in [2.45, 2.75) is 76.5 Å². The third-order valence-corrected chi connectivity index (χ3v) is 8.19. The number of nitrogens with one attached hydrogen (secondary N) is 3. The van der Waals surface area contributed by atoms with Gasteiger partial charge in [0.2, 0.25) is 11.8 Å². The Bertz CT molecular complexity index is 1590. The monoisotopic (exact) mass is 682 g/mol. The molecule has 1 aliphatic heterocycles. The third kappa shape index (κ3) is 10.5. The van der Waals surface area contributed by atoms with Crippen LogP contribution >= 0.6 is 0 Å². The summed E-state index contributed by atoms with van der Waals surface area (Å²) in [6, 6.07) is 20.2. The SMILES string of the molecule is CC(=O)N[C@H](C(=O)NC(Cc1ccccc1)C[C@H](O)C(Cc1ccccc1)NC(=O)C1CN(c2cccc(C(F)(F)F)c2)C(=O)O1)C(C)C. The molecule has 3 unspecified atom stereocenters. The maximum Gasteiger partial charge on any atom is 0.416 e. The van der Waals surface area contributed by atoms with Crippen LogP contribution in [-0.2, 0) is 38.1 Å². The first kappa shape index (κ1) is 36.9. The van der Waals surface area contributed by atoms with Crippen molar-refractivity contribution in [3.63, 3.8) is 0 Å². The number of halogens is 3. The molecule has 0 spiro atoms. The van der Waals surface area contributed by atoms with Gasteiger partial charge < -0.3 is 25.8 Å². The number of nitrogens with zero attached hydrogens (tertiary/aromatic N) is 1. The molecule has 5 atom stereocenters. The Morgan fingerprint density at radius 1 is 0.898 bits per heavy atom. The van der Waals surface area contributed by atoms with Crippen LogP contribution in [-0.4, -0.2) is 65.8 Å². The molecule has 1 saturated heterocycles. The zero-order valence-electron chi connectivity index (χ0n) is 27.4. The van der Waals surface area contributed by atoms with Gasteiger partial charge in [-0.2, -0.15) is 13.2 Å². The molecule has 49 heavy (non-hydrogen) atoms. The van der Waals surface area contributed by atoms with E-state index in [4.69, 9.17) is 4.74 Å². The lowest BCUT2D eigenvalue weighted by Gasteiger charge is -2.30. The molecule has 0 bridgehead atoms. The van der Waals surface area contributed by atoms with Crippen molar-refractivity contribution in [2.24, 2.45) is 5.92 Å². The number of rotatable bonds is 14. The predicted molar refractivity (Wildman–Crippen MR) is 176 cm³/mol. The van der Waals surface area contributed by atoms with Crippen molar-refractivity contribution in [1.29, 1.82) is 0 Å². The maximum atomic E-state index is 13.5. The van der Waals surface area contributed by atoms with Crippen molar-refractivity contribution in [3.8, 4) is 0 Å². The summed E-state index contributed by atoms with van der Waals surface area (Å²) in [5.41, 5.74) is 0.645. The van der Waals surface area contributed by atoms with Gasteiger partial charge in [0.05, 0.1) is 24.3 Å². The first-order valence-corrected chi connectivity index (χ1v) is 16.0. The lowest BCUT2D eigenvalue weighted by Crippen LogP contribution is -2.54. The van der Waals surface area contributed by atoms with E-state index >= 15 is 0 Å². The Kier molecular flexibility index (Phi) is 12.4. The van der Waals surface area contributed by atoms with Crippen molar-refractivity contribution < 1.29 is 42.2 Å². The van der Waals surface area contributed by atoms with Crippen LogP contribution in [0.15, 0.2) is 84.9 Å². The van der Waals surface area contributed by atoms with E-state index in [2.05, 4.69) is 16.0 Å². The van der Waals surface area contributed by atoms with E-state index in [1.54, 1.807) is 26.0 Å².